The molecule has 1 amide bonds. The van der Waals surface area contributed by atoms with Crippen LogP contribution in [0.3, 0.4) is 0 Å². The molecule has 1 aliphatic rings. The topological polar surface area (TPSA) is 66.5 Å². The second-order valence-corrected chi connectivity index (χ2v) is 10.3. The van der Waals surface area contributed by atoms with Gasteiger partial charge < -0.3 is 5.32 Å². The van der Waals surface area contributed by atoms with E-state index in [1.807, 2.05) is 30.3 Å². The van der Waals surface area contributed by atoms with Crippen molar-refractivity contribution in [2.24, 2.45) is 0 Å². The summed E-state index contributed by atoms with van der Waals surface area (Å²) in [4.78, 5) is 12.6. The van der Waals surface area contributed by atoms with Crippen molar-refractivity contribution in [3.05, 3.63) is 64.1 Å². The van der Waals surface area contributed by atoms with Crippen LogP contribution in [0.15, 0.2) is 53.4 Å². The van der Waals surface area contributed by atoms with Gasteiger partial charge in [0.2, 0.25) is 15.9 Å². The van der Waals surface area contributed by atoms with Crippen LogP contribution in [0.25, 0.3) is 0 Å². The number of amides is 1. The molecule has 0 aromatic heterocycles. The van der Waals surface area contributed by atoms with Crippen LogP contribution in [0.5, 0.6) is 0 Å². The van der Waals surface area contributed by atoms with Gasteiger partial charge in [-0.25, -0.2) is 8.42 Å². The fourth-order valence-electron chi connectivity index (χ4n) is 3.68. The fourth-order valence-corrected chi connectivity index (χ4v) is 5.81. The lowest BCUT2D eigenvalue weighted by atomic mass is 9.95. The molecule has 0 atom stereocenters. The lowest BCUT2D eigenvalue weighted by Crippen LogP contribution is -2.45. The van der Waals surface area contributed by atoms with E-state index < -0.39 is 10.0 Å². The number of hydrogen-bond acceptors (Lipinski definition) is 3. The maximum Gasteiger partial charge on any atom is 0.245 e. The minimum absolute atomic E-state index is 0.0804. The van der Waals surface area contributed by atoms with Crippen molar-refractivity contribution in [1.82, 2.24) is 9.62 Å². The molecule has 0 spiro atoms. The highest BCUT2D eigenvalue weighted by Crippen LogP contribution is 2.28. The van der Waals surface area contributed by atoms with Crippen molar-refractivity contribution in [2.45, 2.75) is 49.5 Å². The van der Waals surface area contributed by atoms with Gasteiger partial charge in [-0.1, -0.05) is 72.8 Å². The summed E-state index contributed by atoms with van der Waals surface area (Å²) in [6.45, 7) is -0.0955. The standard InChI is InChI=1S/C22H26Cl2N2O3S/c23-18-11-12-20(24)21(15-18)30(28,29)26(14-13-17-7-3-1-4-8-17)16-22(27)25-19-9-5-2-6-10-19/h1,3-4,7-8,11-12,15,19H,2,5-6,9-10,13-14,16H2,(H,25,27). The van der Waals surface area contributed by atoms with E-state index in [4.69, 9.17) is 23.2 Å². The van der Waals surface area contributed by atoms with Crippen molar-refractivity contribution in [3.63, 3.8) is 0 Å². The minimum atomic E-state index is -4.00. The number of sulfonamides is 1. The van der Waals surface area contributed by atoms with Crippen LogP contribution in [0.1, 0.15) is 37.7 Å². The summed E-state index contributed by atoms with van der Waals surface area (Å²) in [6, 6.07) is 14.0. The molecular weight excluding hydrogens is 443 g/mol. The zero-order valence-corrected chi connectivity index (χ0v) is 19.0. The number of nitrogens with one attached hydrogen (secondary N) is 1. The molecule has 5 nitrogen and oxygen atoms in total. The number of hydrogen-bond donors (Lipinski definition) is 1. The Morgan fingerprint density at radius 1 is 1.03 bits per heavy atom. The zero-order chi connectivity index (χ0) is 21.6. The Kier molecular flexibility index (Phi) is 8.17. The molecule has 1 fully saturated rings. The molecule has 0 unspecified atom stereocenters. The highest BCUT2D eigenvalue weighted by molar-refractivity contribution is 7.89. The van der Waals surface area contributed by atoms with Crippen LogP contribution in [-0.4, -0.2) is 37.8 Å². The Bertz CT molecular complexity index is 962. The first-order valence-electron chi connectivity index (χ1n) is 10.1. The molecule has 2 aromatic carbocycles. The molecule has 0 heterocycles. The highest BCUT2D eigenvalue weighted by atomic mass is 35.5. The molecule has 0 saturated heterocycles. The molecule has 162 valence electrons. The third-order valence-electron chi connectivity index (χ3n) is 5.29. The van der Waals surface area contributed by atoms with Crippen LogP contribution in [-0.2, 0) is 21.2 Å². The largest absolute Gasteiger partial charge is 0.352 e. The van der Waals surface area contributed by atoms with E-state index in [0.29, 0.717) is 6.42 Å². The second kappa shape index (κ2) is 10.6. The number of nitrogens with zero attached hydrogens (tertiary/aromatic N) is 1. The van der Waals surface area contributed by atoms with Crippen LogP contribution >= 0.6 is 23.2 Å². The predicted molar refractivity (Wildman–Crippen MR) is 120 cm³/mol. The first-order valence-corrected chi connectivity index (χ1v) is 12.3. The van der Waals surface area contributed by atoms with Gasteiger partial charge >= 0.3 is 0 Å². The lowest BCUT2D eigenvalue weighted by molar-refractivity contribution is -0.122. The predicted octanol–water partition coefficient (Wildman–Crippen LogP) is 4.68. The Labute approximate surface area is 188 Å². The summed E-state index contributed by atoms with van der Waals surface area (Å²) >= 11 is 12.2. The number of benzene rings is 2. The molecule has 30 heavy (non-hydrogen) atoms. The Morgan fingerprint density at radius 2 is 1.73 bits per heavy atom. The molecule has 1 N–H and O–H groups in total. The Balaban J connectivity index is 1.80. The summed E-state index contributed by atoms with van der Waals surface area (Å²) < 4.78 is 27.9. The molecule has 0 radical (unpaired) electrons. The van der Waals surface area contributed by atoms with E-state index >= 15 is 0 Å². The van der Waals surface area contributed by atoms with Crippen LogP contribution in [0, 0.1) is 0 Å². The van der Waals surface area contributed by atoms with Gasteiger partial charge in [-0.2, -0.15) is 4.31 Å². The van der Waals surface area contributed by atoms with Crippen molar-refractivity contribution < 1.29 is 13.2 Å². The second-order valence-electron chi connectivity index (χ2n) is 7.55. The summed E-state index contributed by atoms with van der Waals surface area (Å²) in [7, 11) is -4.00. The van der Waals surface area contributed by atoms with Gasteiger partial charge in [0.25, 0.3) is 0 Å². The van der Waals surface area contributed by atoms with Gasteiger partial charge in [0.15, 0.2) is 0 Å². The van der Waals surface area contributed by atoms with E-state index in [1.54, 1.807) is 0 Å². The molecule has 0 aliphatic heterocycles. The normalized spacial score (nSPS) is 15.3. The Morgan fingerprint density at radius 3 is 2.43 bits per heavy atom. The first-order chi connectivity index (χ1) is 14.4. The van der Waals surface area contributed by atoms with Gasteiger partial charge in [0, 0.05) is 17.6 Å². The zero-order valence-electron chi connectivity index (χ0n) is 16.7. The van der Waals surface area contributed by atoms with Gasteiger partial charge in [0.1, 0.15) is 4.90 Å². The molecule has 1 saturated carbocycles. The smallest absolute Gasteiger partial charge is 0.245 e. The van der Waals surface area contributed by atoms with E-state index in [1.165, 1.54) is 28.9 Å². The van der Waals surface area contributed by atoms with Gasteiger partial charge in [0.05, 0.1) is 11.6 Å². The summed E-state index contributed by atoms with van der Waals surface area (Å²) in [5.41, 5.74) is 0.988. The average Bonchev–Trinajstić information content (AvgIpc) is 2.74. The fraction of sp³-hybridized carbons (Fsp3) is 0.409. The molecule has 3 rings (SSSR count). The maximum atomic E-state index is 13.4. The summed E-state index contributed by atoms with van der Waals surface area (Å²) in [6.07, 6.45) is 5.69. The van der Waals surface area contributed by atoms with Crippen molar-refractivity contribution in [3.8, 4) is 0 Å². The van der Waals surface area contributed by atoms with Gasteiger partial charge in [-0.15, -0.1) is 0 Å². The number of halogens is 2. The summed E-state index contributed by atoms with van der Waals surface area (Å²) in [5, 5.41) is 3.34. The van der Waals surface area contributed by atoms with Gasteiger partial charge in [-0.3, -0.25) is 4.79 Å². The van der Waals surface area contributed by atoms with E-state index in [-0.39, 0.29) is 40.0 Å². The lowest BCUT2D eigenvalue weighted by Gasteiger charge is -2.26. The Hall–Kier alpha value is -1.60. The quantitative estimate of drug-likeness (QED) is 0.611. The number of carbonyl (C=O) groups excluding carboxylic acids is 1. The van der Waals surface area contributed by atoms with Crippen molar-refractivity contribution >= 4 is 39.1 Å². The molecule has 8 heteroatoms. The molecule has 1 aliphatic carbocycles. The van der Waals surface area contributed by atoms with Gasteiger partial charge in [-0.05, 0) is 43.0 Å². The SMILES string of the molecule is O=C(CN(CCc1ccccc1)S(=O)(=O)c1cc(Cl)ccc1Cl)NC1CCCCC1. The van der Waals surface area contributed by atoms with E-state index in [9.17, 15) is 13.2 Å². The maximum absolute atomic E-state index is 13.4. The summed E-state index contributed by atoms with van der Waals surface area (Å²) in [5.74, 6) is -0.295. The first kappa shape index (κ1) is 23.1. The van der Waals surface area contributed by atoms with Crippen LogP contribution in [0.4, 0.5) is 0 Å². The molecule has 2 aromatic rings. The monoisotopic (exact) mass is 468 g/mol. The number of rotatable bonds is 8. The van der Waals surface area contributed by atoms with E-state index in [2.05, 4.69) is 5.32 Å². The number of carbonyl (C=O) groups is 1. The van der Waals surface area contributed by atoms with Crippen molar-refractivity contribution in [2.75, 3.05) is 13.1 Å². The third kappa shape index (κ3) is 6.20. The molecule has 0 bridgehead atoms. The third-order valence-corrected chi connectivity index (χ3v) is 7.86. The highest BCUT2D eigenvalue weighted by Gasteiger charge is 2.29. The molecular formula is C22H26Cl2N2O3S. The van der Waals surface area contributed by atoms with Crippen LogP contribution in [0.2, 0.25) is 10.0 Å². The van der Waals surface area contributed by atoms with Crippen molar-refractivity contribution in [1.29, 1.82) is 0 Å². The average molecular weight is 469 g/mol. The minimum Gasteiger partial charge on any atom is -0.352 e. The van der Waals surface area contributed by atoms with Crippen LogP contribution < -0.4 is 5.32 Å². The van der Waals surface area contributed by atoms with E-state index in [0.717, 1.165) is 31.2 Å².